The second-order valence-corrected chi connectivity index (χ2v) is 4.97. The van der Waals surface area contributed by atoms with Gasteiger partial charge in [0.25, 0.3) is 5.69 Å². The van der Waals surface area contributed by atoms with Crippen molar-refractivity contribution in [1.82, 2.24) is 4.98 Å². The third-order valence-electron chi connectivity index (χ3n) is 2.65. The third kappa shape index (κ3) is 3.34. The number of rotatable bonds is 4. The number of aryl methyl sites for hydroxylation is 1. The number of carbonyl (C=O) groups is 1. The number of hydrogen-bond donors (Lipinski definition) is 1. The molecule has 2 rings (SSSR count). The van der Waals surface area contributed by atoms with Crippen LogP contribution < -0.4 is 4.74 Å². The average molecular weight is 353 g/mol. The number of aromatic carboxylic acids is 1. The molecule has 0 unspecified atom stereocenters. The summed E-state index contributed by atoms with van der Waals surface area (Å²) in [5.41, 5.74) is 0.350. The Kier molecular flexibility index (Phi) is 4.18. The van der Waals surface area contributed by atoms with E-state index in [1.807, 2.05) is 0 Å². The van der Waals surface area contributed by atoms with Crippen LogP contribution in [-0.2, 0) is 0 Å². The average Bonchev–Trinajstić information content (AvgIpc) is 2.40. The van der Waals surface area contributed by atoms with Crippen LogP contribution >= 0.6 is 15.9 Å². The first-order valence-electron chi connectivity index (χ1n) is 5.70. The van der Waals surface area contributed by atoms with E-state index in [4.69, 9.17) is 9.84 Å². The van der Waals surface area contributed by atoms with Crippen LogP contribution in [0.25, 0.3) is 0 Å². The smallest absolute Gasteiger partial charge is 0.335 e. The van der Waals surface area contributed by atoms with Gasteiger partial charge in [-0.05, 0) is 41.1 Å². The van der Waals surface area contributed by atoms with Gasteiger partial charge < -0.3 is 9.84 Å². The van der Waals surface area contributed by atoms with Crippen molar-refractivity contribution in [3.63, 3.8) is 0 Å². The number of carboxylic acids is 1. The normalized spacial score (nSPS) is 10.2. The Balaban J connectivity index is 2.34. The fraction of sp³-hybridized carbons (Fsp3) is 0.0769. The zero-order chi connectivity index (χ0) is 15.6. The molecule has 0 atom stereocenters. The molecular formula is C13H9BrN2O5. The summed E-state index contributed by atoms with van der Waals surface area (Å²) >= 11 is 3.24. The molecular weight excluding hydrogens is 344 g/mol. The van der Waals surface area contributed by atoms with E-state index in [0.29, 0.717) is 10.0 Å². The molecule has 1 aromatic heterocycles. The van der Waals surface area contributed by atoms with Crippen molar-refractivity contribution in [2.24, 2.45) is 0 Å². The van der Waals surface area contributed by atoms with Gasteiger partial charge in [0.15, 0.2) is 0 Å². The number of aromatic nitrogens is 1. The van der Waals surface area contributed by atoms with Crippen LogP contribution in [0.4, 0.5) is 5.69 Å². The van der Waals surface area contributed by atoms with Crippen LogP contribution in [0.15, 0.2) is 34.9 Å². The topological polar surface area (TPSA) is 103 Å². The van der Waals surface area contributed by atoms with E-state index in [1.54, 1.807) is 6.92 Å². The zero-order valence-corrected chi connectivity index (χ0v) is 12.3. The van der Waals surface area contributed by atoms with Gasteiger partial charge in [-0.2, -0.15) is 0 Å². The number of nitrogens with zero attached hydrogens (tertiary/aromatic N) is 2. The van der Waals surface area contributed by atoms with Crippen LogP contribution in [0.2, 0.25) is 0 Å². The monoisotopic (exact) mass is 352 g/mol. The van der Waals surface area contributed by atoms with Crippen molar-refractivity contribution in [2.75, 3.05) is 0 Å². The summed E-state index contributed by atoms with van der Waals surface area (Å²) in [5, 5.41) is 19.7. The number of halogens is 1. The molecule has 8 heteroatoms. The van der Waals surface area contributed by atoms with E-state index in [9.17, 15) is 14.9 Å². The lowest BCUT2D eigenvalue weighted by Crippen LogP contribution is -1.98. The van der Waals surface area contributed by atoms with Crippen LogP contribution in [0.3, 0.4) is 0 Å². The van der Waals surface area contributed by atoms with Gasteiger partial charge in [0.2, 0.25) is 5.88 Å². The second kappa shape index (κ2) is 5.88. The van der Waals surface area contributed by atoms with Crippen molar-refractivity contribution in [1.29, 1.82) is 0 Å². The Morgan fingerprint density at radius 1 is 1.43 bits per heavy atom. The Hall–Kier alpha value is -2.48. The molecule has 0 fully saturated rings. The Morgan fingerprint density at radius 3 is 2.71 bits per heavy atom. The van der Waals surface area contributed by atoms with Crippen molar-refractivity contribution in [3.8, 4) is 11.6 Å². The lowest BCUT2D eigenvalue weighted by atomic mass is 10.2. The first-order chi connectivity index (χ1) is 9.88. The molecule has 0 bridgehead atoms. The minimum Gasteiger partial charge on any atom is -0.478 e. The van der Waals surface area contributed by atoms with Crippen LogP contribution in [0.1, 0.15) is 15.9 Å². The highest BCUT2D eigenvalue weighted by atomic mass is 79.9. The van der Waals surface area contributed by atoms with Crippen LogP contribution in [-0.4, -0.2) is 21.0 Å². The fourth-order valence-corrected chi connectivity index (χ4v) is 1.92. The van der Waals surface area contributed by atoms with Gasteiger partial charge in [-0.3, -0.25) is 10.1 Å². The predicted octanol–water partition coefficient (Wildman–Crippen LogP) is 3.55. The molecule has 1 N–H and O–H groups in total. The summed E-state index contributed by atoms with van der Waals surface area (Å²) in [6.07, 6.45) is 1.10. The number of benzene rings is 1. The molecule has 21 heavy (non-hydrogen) atoms. The van der Waals surface area contributed by atoms with Gasteiger partial charge >= 0.3 is 5.97 Å². The SMILES string of the molecule is Cc1cc(Oc2cc(C(=O)O)ccc2Br)ncc1[N+](=O)[O-]. The third-order valence-corrected chi connectivity index (χ3v) is 3.30. The summed E-state index contributed by atoms with van der Waals surface area (Å²) in [7, 11) is 0. The van der Waals surface area contributed by atoms with E-state index in [-0.39, 0.29) is 22.9 Å². The maximum Gasteiger partial charge on any atom is 0.335 e. The highest BCUT2D eigenvalue weighted by Crippen LogP contribution is 2.31. The predicted molar refractivity (Wildman–Crippen MR) is 76.8 cm³/mol. The first kappa shape index (κ1) is 14.9. The summed E-state index contributed by atoms with van der Waals surface area (Å²) in [4.78, 5) is 25.0. The second-order valence-electron chi connectivity index (χ2n) is 4.12. The van der Waals surface area contributed by atoms with Crippen molar-refractivity contribution < 1.29 is 19.6 Å². The van der Waals surface area contributed by atoms with Gasteiger partial charge in [-0.1, -0.05) is 0 Å². The number of pyridine rings is 1. The number of ether oxygens (including phenoxy) is 1. The lowest BCUT2D eigenvalue weighted by molar-refractivity contribution is -0.385. The standard InChI is InChI=1S/C13H9BrN2O5/c1-7-4-12(15-6-10(7)16(19)20)21-11-5-8(13(17)18)2-3-9(11)14/h2-6H,1H3,(H,17,18). The van der Waals surface area contributed by atoms with E-state index < -0.39 is 10.9 Å². The molecule has 0 amide bonds. The number of hydrogen-bond acceptors (Lipinski definition) is 5. The van der Waals surface area contributed by atoms with Crippen molar-refractivity contribution >= 4 is 27.6 Å². The maximum atomic E-state index is 10.9. The molecule has 1 aromatic carbocycles. The van der Waals surface area contributed by atoms with E-state index in [0.717, 1.165) is 6.20 Å². The van der Waals surface area contributed by atoms with Crippen LogP contribution in [0.5, 0.6) is 11.6 Å². The van der Waals surface area contributed by atoms with Gasteiger partial charge in [0.1, 0.15) is 11.9 Å². The Labute approximate surface area is 127 Å². The molecule has 2 aromatic rings. The van der Waals surface area contributed by atoms with Gasteiger partial charge in [0, 0.05) is 11.6 Å². The quantitative estimate of drug-likeness (QED) is 0.666. The van der Waals surface area contributed by atoms with Gasteiger partial charge in [-0.25, -0.2) is 9.78 Å². The van der Waals surface area contributed by atoms with Gasteiger partial charge in [-0.15, -0.1) is 0 Å². The van der Waals surface area contributed by atoms with Crippen molar-refractivity contribution in [2.45, 2.75) is 6.92 Å². The summed E-state index contributed by atoms with van der Waals surface area (Å²) < 4.78 is 6.02. The first-order valence-corrected chi connectivity index (χ1v) is 6.49. The molecule has 1 heterocycles. The molecule has 0 aliphatic heterocycles. The van der Waals surface area contributed by atoms with E-state index in [1.165, 1.54) is 24.3 Å². The summed E-state index contributed by atoms with van der Waals surface area (Å²) in [6.45, 7) is 1.56. The highest BCUT2D eigenvalue weighted by Gasteiger charge is 2.14. The largest absolute Gasteiger partial charge is 0.478 e. The molecule has 0 aliphatic rings. The molecule has 108 valence electrons. The molecule has 0 saturated heterocycles. The lowest BCUT2D eigenvalue weighted by Gasteiger charge is -2.08. The van der Waals surface area contributed by atoms with E-state index >= 15 is 0 Å². The van der Waals surface area contributed by atoms with Gasteiger partial charge in [0.05, 0.1) is 15.0 Å². The summed E-state index contributed by atoms with van der Waals surface area (Å²) in [6, 6.07) is 5.72. The number of nitro groups is 1. The molecule has 7 nitrogen and oxygen atoms in total. The fourth-order valence-electron chi connectivity index (χ4n) is 1.60. The molecule has 0 spiro atoms. The van der Waals surface area contributed by atoms with E-state index in [2.05, 4.69) is 20.9 Å². The maximum absolute atomic E-state index is 10.9. The highest BCUT2D eigenvalue weighted by molar-refractivity contribution is 9.10. The van der Waals surface area contributed by atoms with Crippen molar-refractivity contribution in [3.05, 3.63) is 56.2 Å². The number of carboxylic acid groups (broad SMARTS) is 1. The molecule has 0 aliphatic carbocycles. The zero-order valence-electron chi connectivity index (χ0n) is 10.7. The summed E-state index contributed by atoms with van der Waals surface area (Å²) in [5.74, 6) is -0.683. The Morgan fingerprint density at radius 2 is 2.14 bits per heavy atom. The molecule has 0 radical (unpaired) electrons. The minimum atomic E-state index is -1.08. The Bertz CT molecular complexity index is 732. The minimum absolute atomic E-state index is 0.0619. The van der Waals surface area contributed by atoms with Crippen LogP contribution in [0, 0.1) is 17.0 Å². The molecule has 0 saturated carbocycles.